The van der Waals surface area contributed by atoms with Gasteiger partial charge in [0.15, 0.2) is 5.11 Å². The van der Waals surface area contributed by atoms with Gasteiger partial charge in [0.25, 0.3) is 0 Å². The Morgan fingerprint density at radius 1 is 1.06 bits per heavy atom. The van der Waals surface area contributed by atoms with E-state index in [0.717, 1.165) is 11.4 Å². The molecule has 5 rings (SSSR count). The molecule has 3 heterocycles. The molecule has 0 radical (unpaired) electrons. The first-order chi connectivity index (χ1) is 17.0. The quantitative estimate of drug-likeness (QED) is 0.276. The Kier molecular flexibility index (Phi) is 6.44. The number of hydrogen-bond acceptors (Lipinski definition) is 5. The molecule has 1 N–H and O–H groups in total. The van der Waals surface area contributed by atoms with Gasteiger partial charge in [-0.15, -0.1) is 0 Å². The first-order valence-corrected chi connectivity index (χ1v) is 12.0. The van der Waals surface area contributed by atoms with Gasteiger partial charge in [-0.3, -0.25) is 4.98 Å². The third-order valence-corrected chi connectivity index (χ3v) is 6.67. The zero-order valence-corrected chi connectivity index (χ0v) is 21.3. The number of halogens is 2. The first kappa shape index (κ1) is 23.3. The summed E-state index contributed by atoms with van der Waals surface area (Å²) in [7, 11) is 3.19. The van der Waals surface area contributed by atoms with E-state index in [-0.39, 0.29) is 11.9 Å². The normalized spacial score (nSPS) is 17.4. The van der Waals surface area contributed by atoms with Gasteiger partial charge in [-0.05, 0) is 66.8 Å². The minimum absolute atomic E-state index is 0.315. The molecule has 1 aliphatic rings. The van der Waals surface area contributed by atoms with Crippen molar-refractivity contribution in [3.63, 3.8) is 0 Å². The number of nitrogens with one attached hydrogen (secondary N) is 1. The predicted octanol–water partition coefficient (Wildman–Crippen LogP) is 6.44. The summed E-state index contributed by atoms with van der Waals surface area (Å²) < 4.78 is 32.6. The molecule has 0 bridgehead atoms. The summed E-state index contributed by atoms with van der Waals surface area (Å²) in [6.07, 6.45) is 1.73. The lowest BCUT2D eigenvalue weighted by atomic mass is 10.0. The number of hydrogen-bond donors (Lipinski definition) is 1. The highest BCUT2D eigenvalue weighted by molar-refractivity contribution is 9.10. The van der Waals surface area contributed by atoms with Crippen molar-refractivity contribution in [2.24, 2.45) is 0 Å². The summed E-state index contributed by atoms with van der Waals surface area (Å²) in [5, 5.41) is 3.87. The fourth-order valence-electron chi connectivity index (χ4n) is 4.23. The fourth-order valence-corrected chi connectivity index (χ4v) is 4.91. The van der Waals surface area contributed by atoms with Crippen molar-refractivity contribution < 1.29 is 18.3 Å². The minimum Gasteiger partial charge on any atom is -0.497 e. The largest absolute Gasteiger partial charge is 0.497 e. The SMILES string of the molecule is COc1ccc(N2C(=S)N[C@H](c3ccccn3)[C@@H]2c2ccc(-c3ccc(Br)cc3F)o2)c(OC)c1. The lowest BCUT2D eigenvalue weighted by Crippen LogP contribution is -2.29. The van der Waals surface area contributed by atoms with Crippen molar-refractivity contribution in [2.45, 2.75) is 12.1 Å². The van der Waals surface area contributed by atoms with E-state index in [1.807, 2.05) is 41.3 Å². The summed E-state index contributed by atoms with van der Waals surface area (Å²) in [4.78, 5) is 6.49. The molecule has 0 amide bonds. The molecular weight excluding hydrogens is 533 g/mol. The van der Waals surface area contributed by atoms with Crippen molar-refractivity contribution >= 4 is 38.9 Å². The average molecular weight is 554 g/mol. The maximum absolute atomic E-state index is 14.7. The summed E-state index contributed by atoms with van der Waals surface area (Å²) in [5.41, 5.74) is 1.90. The molecule has 1 fully saturated rings. The molecule has 1 aliphatic heterocycles. The summed E-state index contributed by atoms with van der Waals surface area (Å²) in [6.45, 7) is 0. The number of rotatable bonds is 6. The number of aromatic nitrogens is 1. The standard InChI is InChI=1S/C26H21BrFN3O3S/c1-32-16-7-9-20(23(14-16)33-2)31-25(24(30-26(31)35)19-5-3-4-12-29-19)22-11-10-21(34-22)17-8-6-15(27)13-18(17)28/h3-14,24-25H,1-2H3,(H,30,35)/t24-,25+/m1/s1. The first-order valence-electron chi connectivity index (χ1n) is 10.8. The van der Waals surface area contributed by atoms with Crippen LogP contribution in [-0.2, 0) is 0 Å². The fraction of sp³-hybridized carbons (Fsp3) is 0.154. The summed E-state index contributed by atoms with van der Waals surface area (Å²) in [5.74, 6) is 1.89. The van der Waals surface area contributed by atoms with Crippen LogP contribution < -0.4 is 19.7 Å². The number of ether oxygens (including phenoxy) is 2. The lowest BCUT2D eigenvalue weighted by Gasteiger charge is -2.27. The van der Waals surface area contributed by atoms with Crippen LogP contribution in [0.3, 0.4) is 0 Å². The smallest absolute Gasteiger partial charge is 0.174 e. The molecule has 9 heteroatoms. The Morgan fingerprint density at radius 2 is 1.91 bits per heavy atom. The van der Waals surface area contributed by atoms with Crippen molar-refractivity contribution in [3.8, 4) is 22.8 Å². The van der Waals surface area contributed by atoms with Crippen LogP contribution in [0, 0.1) is 5.82 Å². The molecule has 4 aromatic rings. The molecule has 0 spiro atoms. The van der Waals surface area contributed by atoms with Gasteiger partial charge in [0.05, 0.1) is 37.2 Å². The average Bonchev–Trinajstić information content (AvgIpc) is 3.48. The second kappa shape index (κ2) is 9.67. The van der Waals surface area contributed by atoms with E-state index in [9.17, 15) is 4.39 Å². The zero-order chi connectivity index (χ0) is 24.5. The van der Waals surface area contributed by atoms with Crippen LogP contribution in [0.15, 0.2) is 81.8 Å². The maximum Gasteiger partial charge on any atom is 0.174 e. The second-order valence-electron chi connectivity index (χ2n) is 7.86. The third-order valence-electron chi connectivity index (χ3n) is 5.86. The lowest BCUT2D eigenvalue weighted by molar-refractivity contribution is 0.392. The highest BCUT2D eigenvalue weighted by Crippen LogP contribution is 2.46. The molecule has 35 heavy (non-hydrogen) atoms. The Balaban J connectivity index is 1.63. The summed E-state index contributed by atoms with van der Waals surface area (Å²) in [6, 6.07) is 19.0. The Bertz CT molecular complexity index is 1380. The van der Waals surface area contributed by atoms with Gasteiger partial charge >= 0.3 is 0 Å². The van der Waals surface area contributed by atoms with E-state index in [1.165, 1.54) is 6.07 Å². The van der Waals surface area contributed by atoms with Gasteiger partial charge in [-0.2, -0.15) is 0 Å². The molecule has 2 atom stereocenters. The number of furan rings is 1. The van der Waals surface area contributed by atoms with Crippen molar-refractivity contribution in [3.05, 3.63) is 94.7 Å². The molecule has 0 unspecified atom stereocenters. The third kappa shape index (κ3) is 4.37. The van der Waals surface area contributed by atoms with Crippen LogP contribution in [0.5, 0.6) is 11.5 Å². The van der Waals surface area contributed by atoms with Crippen molar-refractivity contribution in [1.82, 2.24) is 10.3 Å². The van der Waals surface area contributed by atoms with E-state index in [2.05, 4.69) is 26.2 Å². The molecule has 1 saturated heterocycles. The van der Waals surface area contributed by atoms with Crippen molar-refractivity contribution in [1.29, 1.82) is 0 Å². The molecule has 2 aromatic carbocycles. The van der Waals surface area contributed by atoms with E-state index < -0.39 is 6.04 Å². The van der Waals surface area contributed by atoms with Gasteiger partial charge in [-0.25, -0.2) is 4.39 Å². The van der Waals surface area contributed by atoms with Crippen LogP contribution in [0.25, 0.3) is 11.3 Å². The number of pyridine rings is 1. The molecule has 0 saturated carbocycles. The van der Waals surface area contributed by atoms with Crippen molar-refractivity contribution in [2.75, 3.05) is 19.1 Å². The highest BCUT2D eigenvalue weighted by Gasteiger charge is 2.43. The van der Waals surface area contributed by atoms with E-state index in [4.69, 9.17) is 26.1 Å². The van der Waals surface area contributed by atoms with Gasteiger partial charge in [0, 0.05) is 16.7 Å². The number of benzene rings is 2. The van der Waals surface area contributed by atoms with Crippen LogP contribution >= 0.6 is 28.1 Å². The number of anilines is 1. The summed E-state index contributed by atoms with van der Waals surface area (Å²) >= 11 is 9.07. The van der Waals surface area contributed by atoms with Crippen LogP contribution in [0.4, 0.5) is 10.1 Å². The van der Waals surface area contributed by atoms with Gasteiger partial charge < -0.3 is 24.1 Å². The number of methoxy groups -OCH3 is 2. The topological polar surface area (TPSA) is 59.8 Å². The molecular formula is C26H21BrFN3O3S. The second-order valence-corrected chi connectivity index (χ2v) is 9.16. The van der Waals surface area contributed by atoms with Crippen LogP contribution in [-0.4, -0.2) is 24.3 Å². The van der Waals surface area contributed by atoms with E-state index in [1.54, 1.807) is 44.7 Å². The minimum atomic E-state index is -0.410. The molecule has 2 aromatic heterocycles. The van der Waals surface area contributed by atoms with Gasteiger partial charge in [-0.1, -0.05) is 22.0 Å². The number of nitrogens with zero attached hydrogens (tertiary/aromatic N) is 2. The van der Waals surface area contributed by atoms with Gasteiger partial charge in [0.1, 0.15) is 34.9 Å². The maximum atomic E-state index is 14.7. The molecule has 0 aliphatic carbocycles. The monoisotopic (exact) mass is 553 g/mol. The predicted molar refractivity (Wildman–Crippen MR) is 139 cm³/mol. The van der Waals surface area contributed by atoms with E-state index in [0.29, 0.717) is 38.2 Å². The van der Waals surface area contributed by atoms with Crippen LogP contribution in [0.1, 0.15) is 23.5 Å². The highest BCUT2D eigenvalue weighted by atomic mass is 79.9. The Morgan fingerprint density at radius 3 is 2.63 bits per heavy atom. The van der Waals surface area contributed by atoms with E-state index >= 15 is 0 Å². The Hall–Kier alpha value is -3.43. The number of thiocarbonyl (C=S) groups is 1. The molecule has 6 nitrogen and oxygen atoms in total. The Labute approximate surface area is 215 Å². The molecule has 178 valence electrons. The van der Waals surface area contributed by atoms with Gasteiger partial charge in [0.2, 0.25) is 0 Å². The zero-order valence-electron chi connectivity index (χ0n) is 18.9. The van der Waals surface area contributed by atoms with Crippen LogP contribution in [0.2, 0.25) is 0 Å².